The molecule has 1 aliphatic heterocycles. The van der Waals surface area contributed by atoms with Crippen molar-refractivity contribution >= 4 is 25.1 Å². The fraction of sp³-hybridized carbons (Fsp3) is 0.467. The quantitative estimate of drug-likeness (QED) is 0.645. The van der Waals surface area contributed by atoms with Crippen molar-refractivity contribution in [2.45, 2.75) is 45.1 Å². The number of rotatable bonds is 4. The summed E-state index contributed by atoms with van der Waals surface area (Å²) in [4.78, 5) is 22.7. The molecule has 2 N–H and O–H groups in total. The number of hydrogen-bond acceptors (Lipinski definition) is 3. The molecule has 20 heavy (non-hydrogen) atoms. The van der Waals surface area contributed by atoms with E-state index in [-0.39, 0.29) is 17.9 Å². The maximum absolute atomic E-state index is 11.6. The highest BCUT2D eigenvalue weighted by Gasteiger charge is 2.25. The summed E-state index contributed by atoms with van der Waals surface area (Å²) >= 11 is 0. The second-order valence-electron chi connectivity index (χ2n) is 6.33. The van der Waals surface area contributed by atoms with Crippen molar-refractivity contribution in [2.24, 2.45) is 0 Å². The molecule has 4 nitrogen and oxygen atoms in total. The second kappa shape index (κ2) is 5.89. The molecule has 0 radical (unpaired) electrons. The summed E-state index contributed by atoms with van der Waals surface area (Å²) < 4.78 is 0. The molecule has 1 aromatic carbocycles. The van der Waals surface area contributed by atoms with Gasteiger partial charge in [-0.3, -0.25) is 14.9 Å². The lowest BCUT2D eigenvalue weighted by molar-refractivity contribution is -0.134. The molecule has 1 atom stereocenters. The van der Waals surface area contributed by atoms with E-state index in [2.05, 4.69) is 54.5 Å². The molecule has 1 aromatic rings. The lowest BCUT2D eigenvalue weighted by Crippen LogP contribution is -2.50. The Bertz CT molecular complexity index is 506. The minimum Gasteiger partial charge on any atom is -0.302 e. The van der Waals surface area contributed by atoms with Gasteiger partial charge < -0.3 is 5.32 Å². The van der Waals surface area contributed by atoms with Gasteiger partial charge in [-0.05, 0) is 12.0 Å². The first-order valence-electron chi connectivity index (χ1n) is 7.03. The molecule has 1 heterocycles. The highest BCUT2D eigenvalue weighted by Crippen LogP contribution is 2.07. The molecule has 1 unspecified atom stereocenters. The number of amides is 2. The molecule has 0 aliphatic carbocycles. The van der Waals surface area contributed by atoms with Gasteiger partial charge in [0.25, 0.3) is 0 Å². The summed E-state index contributed by atoms with van der Waals surface area (Å²) in [5.41, 5.74) is 1.16. The zero-order valence-electron chi connectivity index (χ0n) is 12.3. The fourth-order valence-electron chi connectivity index (χ4n) is 2.25. The molecule has 2 rings (SSSR count). The third-order valence-electron chi connectivity index (χ3n) is 3.61. The minimum atomic E-state index is -1.25. The average Bonchev–Trinajstić information content (AvgIpc) is 2.37. The number of nitrogens with one attached hydrogen (secondary N) is 2. The number of carbonyl (C=O) groups excluding carboxylic acids is 2. The first kappa shape index (κ1) is 14.9. The molecule has 5 heteroatoms. The number of hydrogen-bond donors (Lipinski definition) is 2. The van der Waals surface area contributed by atoms with Crippen LogP contribution >= 0.6 is 0 Å². The van der Waals surface area contributed by atoms with Gasteiger partial charge in [0.05, 0.1) is 14.1 Å². The molecular weight excluding hydrogens is 268 g/mol. The van der Waals surface area contributed by atoms with Crippen molar-refractivity contribution < 1.29 is 9.59 Å². The van der Waals surface area contributed by atoms with Gasteiger partial charge in [0.2, 0.25) is 11.8 Å². The van der Waals surface area contributed by atoms with Crippen molar-refractivity contribution in [1.29, 1.82) is 0 Å². The van der Waals surface area contributed by atoms with Crippen LogP contribution in [-0.4, -0.2) is 25.9 Å². The molecule has 1 fully saturated rings. The number of piperidine rings is 1. The lowest BCUT2D eigenvalue weighted by atomic mass is 10.1. The Labute approximate surface area is 121 Å². The Hall–Kier alpha value is -1.46. The van der Waals surface area contributed by atoms with Crippen LogP contribution in [0, 0.1) is 0 Å². The van der Waals surface area contributed by atoms with Gasteiger partial charge >= 0.3 is 0 Å². The highest BCUT2D eigenvalue weighted by atomic mass is 28.3. The zero-order valence-corrected chi connectivity index (χ0v) is 13.3. The van der Waals surface area contributed by atoms with Crippen LogP contribution in [0.25, 0.3) is 0 Å². The topological polar surface area (TPSA) is 58.2 Å². The predicted octanol–water partition coefficient (Wildman–Crippen LogP) is 1.13. The first-order chi connectivity index (χ1) is 9.36. The first-order valence-corrected chi connectivity index (χ1v) is 10.5. The minimum absolute atomic E-state index is 0.174. The Kier molecular flexibility index (Phi) is 4.40. The monoisotopic (exact) mass is 290 g/mol. The van der Waals surface area contributed by atoms with Crippen LogP contribution in [0.5, 0.6) is 0 Å². The fourth-order valence-corrected chi connectivity index (χ4v) is 3.42. The normalized spacial score (nSPS) is 19.9. The van der Waals surface area contributed by atoms with E-state index in [1.54, 1.807) is 0 Å². The summed E-state index contributed by atoms with van der Waals surface area (Å²) in [6, 6.07) is 8.35. The largest absolute Gasteiger partial charge is 0.302 e. The Morgan fingerprint density at radius 2 is 1.85 bits per heavy atom. The van der Waals surface area contributed by atoms with Gasteiger partial charge in [-0.1, -0.05) is 49.1 Å². The van der Waals surface area contributed by atoms with Crippen LogP contribution in [0.15, 0.2) is 24.3 Å². The molecule has 0 spiro atoms. The molecule has 1 saturated heterocycles. The van der Waals surface area contributed by atoms with Crippen LogP contribution in [0.3, 0.4) is 0 Å². The van der Waals surface area contributed by atoms with E-state index in [9.17, 15) is 9.59 Å². The molecule has 0 bridgehead atoms. The van der Waals surface area contributed by atoms with Crippen molar-refractivity contribution in [1.82, 2.24) is 10.6 Å². The van der Waals surface area contributed by atoms with Crippen LogP contribution in [0.2, 0.25) is 19.6 Å². The van der Waals surface area contributed by atoms with Crippen molar-refractivity contribution in [3.8, 4) is 0 Å². The molecule has 108 valence electrons. The van der Waals surface area contributed by atoms with Gasteiger partial charge in [-0.25, -0.2) is 0 Å². The molecular formula is C15H22N2O2Si. The summed E-state index contributed by atoms with van der Waals surface area (Å²) in [5, 5.41) is 7.01. The molecule has 0 saturated carbocycles. The van der Waals surface area contributed by atoms with Crippen LogP contribution < -0.4 is 15.8 Å². The maximum Gasteiger partial charge on any atom is 0.243 e. The van der Waals surface area contributed by atoms with Gasteiger partial charge in [-0.2, -0.15) is 0 Å². The summed E-state index contributed by atoms with van der Waals surface area (Å²) in [6.45, 7) is 7.62. The van der Waals surface area contributed by atoms with Crippen molar-refractivity contribution in [3.63, 3.8) is 0 Å². The second-order valence-corrected chi connectivity index (χ2v) is 11.4. The standard InChI is InChI=1S/C15H22N2O2Si/c1-20(2,3)12-6-4-11(5-7-12)10-16-13-8-9-14(18)17-15(13)19/h4-7,13,16H,8-10H2,1-3H3,(H,17,18,19). The SMILES string of the molecule is C[Si](C)(C)c1ccc(CNC2CCC(=O)NC2=O)cc1. The number of carbonyl (C=O) groups is 2. The van der Waals surface area contributed by atoms with Gasteiger partial charge in [0, 0.05) is 13.0 Å². The van der Waals surface area contributed by atoms with Crippen LogP contribution in [0.4, 0.5) is 0 Å². The Balaban J connectivity index is 1.91. The zero-order chi connectivity index (χ0) is 14.8. The number of benzene rings is 1. The molecule has 1 aliphatic rings. The summed E-state index contributed by atoms with van der Waals surface area (Å²) in [7, 11) is -1.25. The molecule has 2 amide bonds. The van der Waals surface area contributed by atoms with E-state index in [0.29, 0.717) is 19.4 Å². The smallest absolute Gasteiger partial charge is 0.243 e. The average molecular weight is 290 g/mol. The van der Waals surface area contributed by atoms with Gasteiger partial charge in [0.15, 0.2) is 0 Å². The third kappa shape index (κ3) is 3.77. The van der Waals surface area contributed by atoms with E-state index in [1.807, 2.05) is 0 Å². The van der Waals surface area contributed by atoms with Crippen LogP contribution in [-0.2, 0) is 16.1 Å². The Morgan fingerprint density at radius 1 is 1.20 bits per heavy atom. The van der Waals surface area contributed by atoms with E-state index in [0.717, 1.165) is 5.56 Å². The lowest BCUT2D eigenvalue weighted by Gasteiger charge is -2.22. The Morgan fingerprint density at radius 3 is 2.40 bits per heavy atom. The number of imide groups is 1. The summed E-state index contributed by atoms with van der Waals surface area (Å²) in [6.07, 6.45) is 0.996. The van der Waals surface area contributed by atoms with Crippen molar-refractivity contribution in [3.05, 3.63) is 29.8 Å². The van der Waals surface area contributed by atoms with E-state index in [1.165, 1.54) is 5.19 Å². The predicted molar refractivity (Wildman–Crippen MR) is 82.4 cm³/mol. The maximum atomic E-state index is 11.6. The van der Waals surface area contributed by atoms with Crippen molar-refractivity contribution in [2.75, 3.05) is 0 Å². The van der Waals surface area contributed by atoms with E-state index >= 15 is 0 Å². The third-order valence-corrected chi connectivity index (χ3v) is 5.68. The van der Waals surface area contributed by atoms with E-state index in [4.69, 9.17) is 0 Å². The van der Waals surface area contributed by atoms with E-state index < -0.39 is 8.07 Å². The summed E-state index contributed by atoms with van der Waals surface area (Å²) in [5.74, 6) is -0.382. The molecule has 0 aromatic heterocycles. The van der Waals surface area contributed by atoms with Crippen LogP contribution in [0.1, 0.15) is 18.4 Å². The highest BCUT2D eigenvalue weighted by molar-refractivity contribution is 6.88. The van der Waals surface area contributed by atoms with Gasteiger partial charge in [0.1, 0.15) is 0 Å². The van der Waals surface area contributed by atoms with Gasteiger partial charge in [-0.15, -0.1) is 0 Å².